The smallest absolute Gasteiger partial charge is 0.255 e. The monoisotopic (exact) mass is 112 g/mol. The minimum atomic E-state index is 0. The summed E-state index contributed by atoms with van der Waals surface area (Å²) in [6.45, 7) is 0. The fraction of sp³-hybridized carbons (Fsp3) is 0. The highest BCUT2D eigenvalue weighted by Gasteiger charge is 0.689. The van der Waals surface area contributed by atoms with Crippen LogP contribution < -0.4 is 24.8 Å². The van der Waals surface area contributed by atoms with Crippen molar-refractivity contribution in [1.82, 2.24) is 0 Å². The van der Waals surface area contributed by atoms with Gasteiger partial charge in [0.05, 0.1) is 0 Å². The van der Waals surface area contributed by atoms with Gasteiger partial charge >= 0.3 is 0 Å². The summed E-state index contributed by atoms with van der Waals surface area (Å²) >= 11 is 0. The first-order valence-electron chi connectivity index (χ1n) is 0.400. The molecule has 0 bridgehead atoms. The van der Waals surface area contributed by atoms with Crippen LogP contribution in [0.2, 0.25) is 0 Å². The molecule has 0 aromatic heterocycles. The van der Waals surface area contributed by atoms with Gasteiger partial charge in [-0.05, 0) is 0 Å². The number of rotatable bonds is 0. The van der Waals surface area contributed by atoms with E-state index in [-0.39, 0.29) is 24.8 Å². The lowest BCUT2D eigenvalue weighted by atomic mass is 13.0. The van der Waals surface area contributed by atoms with Gasteiger partial charge in [-0.15, -0.1) is 0 Å². The Bertz CT molecular complexity index is 25.9. The summed E-state index contributed by atoms with van der Waals surface area (Å²) in [5.74, 6) is 0. The third-order valence-electron chi connectivity index (χ3n) is 0. The fourth-order valence-electron chi connectivity index (χ4n) is 0. The van der Waals surface area contributed by atoms with Crippen LogP contribution in [0.4, 0.5) is 0 Å². The molecule has 0 rings (SSSR count). The highest BCUT2D eigenvalue weighted by atomic mass is 35.5. The Labute approximate surface area is 41.6 Å². The van der Waals surface area contributed by atoms with Gasteiger partial charge in [-0.1, -0.05) is 0 Å². The largest absolute Gasteiger partial charge is 1.00 e. The van der Waals surface area contributed by atoms with Crippen molar-refractivity contribution in [3.05, 3.63) is 16.0 Å². The Morgan fingerprint density at radius 2 is 1.00 bits per heavy atom. The Morgan fingerprint density at radius 1 is 1.00 bits per heavy atom. The van der Waals surface area contributed by atoms with Crippen molar-refractivity contribution in [2.45, 2.75) is 0 Å². The summed E-state index contributed by atoms with van der Waals surface area (Å²) in [5, 5.41) is 0. The predicted octanol–water partition coefficient (Wildman–Crippen LogP) is -5.13. The average molecular weight is 113 g/mol. The second-order valence-corrected chi connectivity index (χ2v) is 0.0894. The van der Waals surface area contributed by atoms with Crippen molar-refractivity contribution in [2.24, 2.45) is 0 Å². The molecule has 5 heteroatoms. The molecule has 0 N–H and O–H groups in total. The van der Waals surface area contributed by atoms with Gasteiger partial charge in [-0.25, -0.2) is 0 Å². The molecule has 0 atom stereocenters. The summed E-state index contributed by atoms with van der Waals surface area (Å²) in [7, 11) is 0. The van der Waals surface area contributed by atoms with E-state index in [0.717, 1.165) is 0 Å². The number of halogens is 2. The maximum atomic E-state index is 6.75. The van der Waals surface area contributed by atoms with E-state index < -0.39 is 0 Å². The lowest BCUT2D eigenvalue weighted by Gasteiger charge is -1.31. The summed E-state index contributed by atoms with van der Waals surface area (Å²) < 4.78 is 0. The van der Waals surface area contributed by atoms with Crippen LogP contribution in [0.5, 0.6) is 0 Å². The molecule has 0 fully saturated rings. The van der Waals surface area contributed by atoms with Gasteiger partial charge in [0, 0.05) is 0 Å². The molecule has 0 heterocycles. The molecule has 0 aromatic carbocycles. The van der Waals surface area contributed by atoms with Crippen molar-refractivity contribution >= 4 is 0 Å². The predicted molar refractivity (Wildman–Crippen MR) is 10.1 cm³/mol. The van der Waals surface area contributed by atoms with Crippen LogP contribution in [-0.4, -0.2) is 0 Å². The maximum absolute atomic E-state index is 6.75. The molecule has 0 aliphatic carbocycles. The van der Waals surface area contributed by atoms with Crippen molar-refractivity contribution in [3.63, 3.8) is 0 Å². The van der Waals surface area contributed by atoms with Gasteiger partial charge in [0.25, 0.3) is 0 Å². The van der Waals surface area contributed by atoms with E-state index in [1.54, 1.807) is 0 Å². The third-order valence-corrected chi connectivity index (χ3v) is 0. The highest BCUT2D eigenvalue weighted by molar-refractivity contribution is 4.36. The standard InChI is InChI=1S/2ClH.N3/c;;1-3-2/h2*1H;/q;;-1/p-2. The molecule has 0 aromatic rings. The van der Waals surface area contributed by atoms with Crippen molar-refractivity contribution in [1.29, 1.82) is 0 Å². The van der Waals surface area contributed by atoms with Gasteiger partial charge in [-0.2, -0.15) is 0 Å². The molecule has 0 spiro atoms. The van der Waals surface area contributed by atoms with Gasteiger partial charge in [0.15, 0.2) is 0 Å². The van der Waals surface area contributed by atoms with E-state index in [2.05, 4.69) is 0 Å². The SMILES string of the molecule is [Cl-].[Cl-].[N-]=[N+]=[N-]. The molecule has 0 aliphatic rings. The molecule has 0 saturated heterocycles. The number of hydrogen-bond donors (Lipinski definition) is 0. The summed E-state index contributed by atoms with van der Waals surface area (Å²) in [6.07, 6.45) is 0. The van der Waals surface area contributed by atoms with E-state index in [1.165, 1.54) is 4.91 Å². The van der Waals surface area contributed by atoms with Crippen LogP contribution in [0.25, 0.3) is 16.0 Å². The van der Waals surface area contributed by atoms with E-state index in [0.29, 0.717) is 0 Å². The quantitative estimate of drug-likeness (QED) is 0.171. The first kappa shape index (κ1) is 20.7. The maximum Gasteiger partial charge on any atom is -0.255 e. The third kappa shape index (κ3) is 1150. The molecule has 0 unspecified atom stereocenters. The molecular weight excluding hydrogens is 113 g/mol. The van der Waals surface area contributed by atoms with Gasteiger partial charge < -0.3 is 35.9 Å². The van der Waals surface area contributed by atoms with E-state index in [1.807, 2.05) is 0 Å². The van der Waals surface area contributed by atoms with Crippen molar-refractivity contribution in [2.75, 3.05) is 0 Å². The zero-order valence-corrected chi connectivity index (χ0v) is 3.61. The normalized spacial score (nSPS) is 1.60. The van der Waals surface area contributed by atoms with Gasteiger partial charge in [0.1, 0.15) is 0 Å². The Kier molecular flexibility index (Phi) is 170. The molecular formula is Cl2N3-3. The first-order valence-corrected chi connectivity index (χ1v) is 0.400. The molecule has 0 aliphatic heterocycles. The average Bonchev–Trinajstić information content (AvgIpc) is 0.918. The Balaban J connectivity index is -0.0000000200. The van der Waals surface area contributed by atoms with Crippen LogP contribution in [0.3, 0.4) is 0 Å². The molecule has 0 saturated carbocycles. The van der Waals surface area contributed by atoms with Crippen LogP contribution in [0, 0.1) is 0 Å². The summed E-state index contributed by atoms with van der Waals surface area (Å²) in [6, 6.07) is 0. The molecule has 5 heavy (non-hydrogen) atoms. The van der Waals surface area contributed by atoms with Gasteiger partial charge in [0.2, 0.25) is 0 Å². The van der Waals surface area contributed by atoms with E-state index in [4.69, 9.17) is 11.1 Å². The Morgan fingerprint density at radius 3 is 1.00 bits per heavy atom. The zero-order valence-electron chi connectivity index (χ0n) is 2.10. The van der Waals surface area contributed by atoms with E-state index in [9.17, 15) is 0 Å². The second-order valence-electron chi connectivity index (χ2n) is 0.0894. The van der Waals surface area contributed by atoms with Crippen LogP contribution in [0.1, 0.15) is 0 Å². The second kappa shape index (κ2) is 41.0. The van der Waals surface area contributed by atoms with Gasteiger partial charge in [-0.3, -0.25) is 4.91 Å². The van der Waals surface area contributed by atoms with Crippen LogP contribution >= 0.6 is 0 Å². The van der Waals surface area contributed by atoms with Crippen molar-refractivity contribution < 1.29 is 24.8 Å². The molecule has 0 radical (unpaired) electrons. The number of nitrogens with zero attached hydrogens (tertiary/aromatic N) is 3. The fourth-order valence-corrected chi connectivity index (χ4v) is 0. The molecule has 32 valence electrons. The first-order chi connectivity index (χ1) is 1.41. The summed E-state index contributed by atoms with van der Waals surface area (Å²) in [5.41, 5.74) is 13.5. The minimum absolute atomic E-state index is 0. The lowest BCUT2D eigenvalue weighted by molar-refractivity contribution is -0.00100. The Hall–Kier alpha value is -0.110. The van der Waals surface area contributed by atoms with E-state index >= 15 is 0 Å². The summed E-state index contributed by atoms with van der Waals surface area (Å²) in [4.78, 5) is 1.50. The zero-order chi connectivity index (χ0) is 2.71. The highest BCUT2D eigenvalue weighted by Crippen LogP contribution is 1.29. The van der Waals surface area contributed by atoms with Crippen LogP contribution in [-0.2, 0) is 0 Å². The number of hydrogen-bond acceptors (Lipinski definition) is 0. The topological polar surface area (TPSA) is 58.7 Å². The van der Waals surface area contributed by atoms with Crippen molar-refractivity contribution in [3.8, 4) is 0 Å². The molecule has 3 nitrogen and oxygen atoms in total. The lowest BCUT2D eigenvalue weighted by Crippen LogP contribution is -3.00. The van der Waals surface area contributed by atoms with Crippen LogP contribution in [0.15, 0.2) is 0 Å². The minimum Gasteiger partial charge on any atom is -1.00 e. The molecule has 0 amide bonds.